The van der Waals surface area contributed by atoms with Crippen LogP contribution in [-0.4, -0.2) is 28.0 Å². The van der Waals surface area contributed by atoms with Crippen molar-refractivity contribution in [3.8, 4) is 6.07 Å². The Morgan fingerprint density at radius 2 is 1.96 bits per heavy atom. The molecule has 4 rings (SSSR count). The number of rotatable bonds is 3. The van der Waals surface area contributed by atoms with Gasteiger partial charge in [-0.05, 0) is 31.0 Å². The molecule has 8 nitrogen and oxygen atoms in total. The van der Waals surface area contributed by atoms with Crippen LogP contribution in [0.25, 0.3) is 11.1 Å². The highest BCUT2D eigenvalue weighted by atomic mass is 16.6. The lowest BCUT2D eigenvalue weighted by molar-refractivity contribution is -0.385. The standard InChI is InChI=1S/C18H15N5O3/c19-11-14-15(23(24)25)5-6-17(20-14)22-9-7-12(8-10-22)18-21-13-3-1-2-4-16(13)26-18/h1-6,12H,7-10H2. The van der Waals surface area contributed by atoms with Crippen LogP contribution >= 0.6 is 0 Å². The van der Waals surface area contributed by atoms with Crippen molar-refractivity contribution in [2.45, 2.75) is 18.8 Å². The average molecular weight is 349 g/mol. The molecule has 1 aliphatic heterocycles. The zero-order chi connectivity index (χ0) is 18.1. The fraction of sp³-hybridized carbons (Fsp3) is 0.278. The number of nitrogens with zero attached hydrogens (tertiary/aromatic N) is 5. The molecule has 0 amide bonds. The lowest BCUT2D eigenvalue weighted by atomic mass is 9.97. The van der Waals surface area contributed by atoms with E-state index >= 15 is 0 Å². The number of hydrogen-bond donors (Lipinski definition) is 0. The summed E-state index contributed by atoms with van der Waals surface area (Å²) in [6, 6.07) is 12.4. The SMILES string of the molecule is N#Cc1nc(N2CCC(c3nc4ccccc4o3)CC2)ccc1[N+](=O)[O-]. The van der Waals surface area contributed by atoms with Crippen LogP contribution in [-0.2, 0) is 0 Å². The Hall–Kier alpha value is -3.47. The van der Waals surface area contributed by atoms with Crippen LogP contribution in [0.3, 0.4) is 0 Å². The molecule has 3 heterocycles. The zero-order valence-corrected chi connectivity index (χ0v) is 13.8. The normalized spacial score (nSPS) is 15.1. The molecule has 130 valence electrons. The average Bonchev–Trinajstić information content (AvgIpc) is 3.11. The quantitative estimate of drug-likeness (QED) is 0.526. The molecule has 0 radical (unpaired) electrons. The van der Waals surface area contributed by atoms with E-state index in [1.54, 1.807) is 12.1 Å². The number of hydrogen-bond acceptors (Lipinski definition) is 7. The van der Waals surface area contributed by atoms with Crippen molar-refractivity contribution in [3.63, 3.8) is 0 Å². The van der Waals surface area contributed by atoms with Gasteiger partial charge in [0.05, 0.1) is 4.92 Å². The van der Waals surface area contributed by atoms with Crippen molar-refractivity contribution in [1.82, 2.24) is 9.97 Å². The van der Waals surface area contributed by atoms with E-state index in [2.05, 4.69) is 9.97 Å². The van der Waals surface area contributed by atoms with Gasteiger partial charge in [0.1, 0.15) is 17.4 Å². The van der Waals surface area contributed by atoms with Crippen LogP contribution in [0.4, 0.5) is 11.5 Å². The maximum absolute atomic E-state index is 10.9. The Balaban J connectivity index is 1.50. The first kappa shape index (κ1) is 16.0. The molecule has 0 spiro atoms. The van der Waals surface area contributed by atoms with Crippen LogP contribution in [0.2, 0.25) is 0 Å². The lowest BCUT2D eigenvalue weighted by Crippen LogP contribution is -2.33. The van der Waals surface area contributed by atoms with Gasteiger partial charge in [-0.2, -0.15) is 5.26 Å². The fourth-order valence-electron chi connectivity index (χ4n) is 3.27. The van der Waals surface area contributed by atoms with Gasteiger partial charge in [-0.1, -0.05) is 12.1 Å². The molecule has 1 fully saturated rings. The van der Waals surface area contributed by atoms with Gasteiger partial charge < -0.3 is 9.32 Å². The van der Waals surface area contributed by atoms with Gasteiger partial charge in [0.2, 0.25) is 5.69 Å². The zero-order valence-electron chi connectivity index (χ0n) is 13.8. The number of aromatic nitrogens is 2. The highest BCUT2D eigenvalue weighted by Gasteiger charge is 2.26. The summed E-state index contributed by atoms with van der Waals surface area (Å²) >= 11 is 0. The number of nitro groups is 1. The van der Waals surface area contributed by atoms with Crippen molar-refractivity contribution in [1.29, 1.82) is 5.26 Å². The van der Waals surface area contributed by atoms with Gasteiger partial charge >= 0.3 is 5.69 Å². The van der Waals surface area contributed by atoms with Gasteiger partial charge in [-0.15, -0.1) is 0 Å². The highest BCUT2D eigenvalue weighted by Crippen LogP contribution is 2.32. The second-order valence-corrected chi connectivity index (χ2v) is 6.19. The molecule has 0 N–H and O–H groups in total. The molecule has 1 saturated heterocycles. The molecule has 0 unspecified atom stereocenters. The van der Waals surface area contributed by atoms with Gasteiger partial charge in [0.15, 0.2) is 11.5 Å². The summed E-state index contributed by atoms with van der Waals surface area (Å²) in [4.78, 5) is 21.1. The summed E-state index contributed by atoms with van der Waals surface area (Å²) in [6.07, 6.45) is 1.68. The molecular weight excluding hydrogens is 334 g/mol. The first-order valence-electron chi connectivity index (χ1n) is 8.31. The Morgan fingerprint density at radius 1 is 1.19 bits per heavy atom. The second kappa shape index (κ2) is 6.44. The molecule has 26 heavy (non-hydrogen) atoms. The van der Waals surface area contributed by atoms with Crippen LogP contribution in [0, 0.1) is 21.4 Å². The van der Waals surface area contributed by atoms with Crippen molar-refractivity contribution >= 4 is 22.6 Å². The van der Waals surface area contributed by atoms with E-state index in [1.807, 2.05) is 29.2 Å². The fourth-order valence-corrected chi connectivity index (χ4v) is 3.27. The van der Waals surface area contributed by atoms with E-state index in [-0.39, 0.29) is 17.3 Å². The Morgan fingerprint density at radius 3 is 2.65 bits per heavy atom. The van der Waals surface area contributed by atoms with E-state index in [0.717, 1.165) is 42.9 Å². The minimum atomic E-state index is -0.588. The van der Waals surface area contributed by atoms with Gasteiger partial charge in [-0.25, -0.2) is 9.97 Å². The smallest absolute Gasteiger partial charge is 0.305 e. The predicted octanol–water partition coefficient (Wildman–Crippen LogP) is 3.39. The maximum atomic E-state index is 10.9. The van der Waals surface area contributed by atoms with Gasteiger partial charge in [0.25, 0.3) is 0 Å². The summed E-state index contributed by atoms with van der Waals surface area (Å²) in [5.41, 5.74) is 1.23. The summed E-state index contributed by atoms with van der Waals surface area (Å²) in [6.45, 7) is 1.44. The molecule has 1 aromatic carbocycles. The third-order valence-electron chi connectivity index (χ3n) is 4.64. The molecule has 1 aliphatic rings. The molecule has 0 aliphatic carbocycles. The minimum absolute atomic E-state index is 0.159. The molecule has 0 saturated carbocycles. The summed E-state index contributed by atoms with van der Waals surface area (Å²) < 4.78 is 5.86. The molecule has 0 atom stereocenters. The molecular formula is C18H15N5O3. The number of nitriles is 1. The Labute approximate surface area is 148 Å². The van der Waals surface area contributed by atoms with E-state index in [9.17, 15) is 10.1 Å². The second-order valence-electron chi connectivity index (χ2n) is 6.19. The van der Waals surface area contributed by atoms with Gasteiger partial charge in [0, 0.05) is 25.1 Å². The molecule has 3 aromatic rings. The Kier molecular flexibility index (Phi) is 3.97. The molecule has 2 aromatic heterocycles. The first-order chi connectivity index (χ1) is 12.7. The number of fused-ring (bicyclic) bond motifs is 1. The number of para-hydroxylation sites is 2. The minimum Gasteiger partial charge on any atom is -0.440 e. The van der Waals surface area contributed by atoms with Crippen LogP contribution < -0.4 is 4.90 Å². The predicted molar refractivity (Wildman–Crippen MR) is 93.8 cm³/mol. The van der Waals surface area contributed by atoms with Crippen molar-refractivity contribution in [2.24, 2.45) is 0 Å². The third kappa shape index (κ3) is 2.84. The third-order valence-corrected chi connectivity index (χ3v) is 4.64. The topological polar surface area (TPSA) is 109 Å². The van der Waals surface area contributed by atoms with Crippen LogP contribution in [0.1, 0.15) is 30.3 Å². The molecule has 8 heteroatoms. The number of pyridine rings is 1. The largest absolute Gasteiger partial charge is 0.440 e. The van der Waals surface area contributed by atoms with Crippen LogP contribution in [0.15, 0.2) is 40.8 Å². The van der Waals surface area contributed by atoms with Crippen molar-refractivity contribution in [2.75, 3.05) is 18.0 Å². The Bertz CT molecular complexity index is 982. The summed E-state index contributed by atoms with van der Waals surface area (Å²) in [5.74, 6) is 1.57. The van der Waals surface area contributed by atoms with Gasteiger partial charge in [-0.3, -0.25) is 10.1 Å². The number of oxazole rings is 1. The maximum Gasteiger partial charge on any atom is 0.305 e. The number of anilines is 1. The lowest BCUT2D eigenvalue weighted by Gasteiger charge is -2.31. The van der Waals surface area contributed by atoms with Crippen LogP contribution in [0.5, 0.6) is 0 Å². The number of piperidine rings is 1. The highest BCUT2D eigenvalue weighted by molar-refractivity contribution is 5.72. The monoisotopic (exact) mass is 349 g/mol. The van der Waals surface area contributed by atoms with E-state index < -0.39 is 4.92 Å². The van der Waals surface area contributed by atoms with E-state index in [4.69, 9.17) is 9.68 Å². The molecule has 0 bridgehead atoms. The van der Waals surface area contributed by atoms with E-state index in [0.29, 0.717) is 5.82 Å². The number of benzene rings is 1. The first-order valence-corrected chi connectivity index (χ1v) is 8.31. The van der Waals surface area contributed by atoms with Crippen molar-refractivity contribution in [3.05, 3.63) is 58.1 Å². The summed E-state index contributed by atoms with van der Waals surface area (Å²) in [7, 11) is 0. The van der Waals surface area contributed by atoms with E-state index in [1.165, 1.54) is 6.07 Å². The summed E-state index contributed by atoms with van der Waals surface area (Å²) in [5, 5.41) is 20.0. The van der Waals surface area contributed by atoms with Crippen molar-refractivity contribution < 1.29 is 9.34 Å².